The van der Waals surface area contributed by atoms with Crippen molar-refractivity contribution >= 4 is 17.5 Å². The number of nitrogens with two attached hydrogens (primary N) is 1. The molecule has 0 fully saturated rings. The largest absolute Gasteiger partial charge is 0.495 e. The minimum atomic E-state index is -0.441. The second-order valence-electron chi connectivity index (χ2n) is 4.43. The van der Waals surface area contributed by atoms with Gasteiger partial charge in [-0.1, -0.05) is 19.1 Å². The normalized spacial score (nSPS) is 10.3. The molecule has 1 rings (SSSR count). The van der Waals surface area contributed by atoms with E-state index in [-0.39, 0.29) is 19.0 Å². The molecule has 2 amide bonds. The van der Waals surface area contributed by atoms with Crippen molar-refractivity contribution in [3.8, 4) is 5.75 Å². The van der Waals surface area contributed by atoms with Gasteiger partial charge in [-0.15, -0.1) is 0 Å². The first kappa shape index (κ1) is 16.0. The van der Waals surface area contributed by atoms with Gasteiger partial charge in [0.2, 0.25) is 11.8 Å². The van der Waals surface area contributed by atoms with Gasteiger partial charge < -0.3 is 15.8 Å². The molecule has 3 N–H and O–H groups in total. The molecular formula is C14H21N3O3. The van der Waals surface area contributed by atoms with Crippen LogP contribution in [-0.4, -0.2) is 43.5 Å². The number of nitrogens with zero attached hydrogens (tertiary/aromatic N) is 1. The zero-order valence-corrected chi connectivity index (χ0v) is 11.9. The van der Waals surface area contributed by atoms with E-state index in [0.29, 0.717) is 18.0 Å². The Morgan fingerprint density at radius 3 is 2.60 bits per heavy atom. The van der Waals surface area contributed by atoms with Gasteiger partial charge >= 0.3 is 0 Å². The van der Waals surface area contributed by atoms with E-state index in [1.165, 1.54) is 0 Å². The molecule has 0 saturated carbocycles. The minimum Gasteiger partial charge on any atom is -0.495 e. The molecule has 0 heterocycles. The molecule has 1 aromatic rings. The highest BCUT2D eigenvalue weighted by molar-refractivity contribution is 5.94. The lowest BCUT2D eigenvalue weighted by atomic mass is 10.3. The van der Waals surface area contributed by atoms with Crippen LogP contribution in [0.2, 0.25) is 0 Å². The molecule has 6 heteroatoms. The van der Waals surface area contributed by atoms with Crippen LogP contribution in [0.4, 0.5) is 5.69 Å². The maximum absolute atomic E-state index is 12.0. The van der Waals surface area contributed by atoms with E-state index >= 15 is 0 Å². The molecule has 0 saturated heterocycles. The van der Waals surface area contributed by atoms with Crippen LogP contribution in [0.5, 0.6) is 5.75 Å². The van der Waals surface area contributed by atoms with Gasteiger partial charge in [0.05, 0.1) is 25.9 Å². The highest BCUT2D eigenvalue weighted by Gasteiger charge is 2.13. The number of rotatable bonds is 8. The number of hydrogen-bond donors (Lipinski definition) is 2. The van der Waals surface area contributed by atoms with E-state index in [2.05, 4.69) is 5.32 Å². The molecule has 0 radical (unpaired) electrons. The summed E-state index contributed by atoms with van der Waals surface area (Å²) in [5.41, 5.74) is 5.77. The summed E-state index contributed by atoms with van der Waals surface area (Å²) in [6.45, 7) is 2.82. The van der Waals surface area contributed by atoms with Crippen molar-refractivity contribution in [3.63, 3.8) is 0 Å². The fourth-order valence-corrected chi connectivity index (χ4v) is 1.89. The van der Waals surface area contributed by atoms with Crippen LogP contribution in [-0.2, 0) is 9.59 Å². The van der Waals surface area contributed by atoms with Gasteiger partial charge in [0, 0.05) is 0 Å². The Bertz CT molecular complexity index is 463. The summed E-state index contributed by atoms with van der Waals surface area (Å²) in [7, 11) is 1.54. The summed E-state index contributed by atoms with van der Waals surface area (Å²) < 4.78 is 5.16. The maximum atomic E-state index is 12.0. The minimum absolute atomic E-state index is 0.0766. The second-order valence-corrected chi connectivity index (χ2v) is 4.43. The number of amides is 2. The van der Waals surface area contributed by atoms with Crippen molar-refractivity contribution in [1.29, 1.82) is 0 Å². The van der Waals surface area contributed by atoms with E-state index < -0.39 is 5.91 Å². The molecule has 0 spiro atoms. The lowest BCUT2D eigenvalue weighted by Gasteiger charge is -2.19. The van der Waals surface area contributed by atoms with Gasteiger partial charge in [-0.3, -0.25) is 14.5 Å². The number of benzene rings is 1. The third-order valence-electron chi connectivity index (χ3n) is 2.67. The van der Waals surface area contributed by atoms with Gasteiger partial charge in [-0.25, -0.2) is 0 Å². The number of hydrogen-bond acceptors (Lipinski definition) is 4. The summed E-state index contributed by atoms with van der Waals surface area (Å²) in [6, 6.07) is 7.16. The molecule has 1 aromatic carbocycles. The van der Waals surface area contributed by atoms with Crippen molar-refractivity contribution in [1.82, 2.24) is 4.90 Å². The number of ether oxygens (including phenoxy) is 1. The molecule has 0 aromatic heterocycles. The average molecular weight is 279 g/mol. The monoisotopic (exact) mass is 279 g/mol. The summed E-state index contributed by atoms with van der Waals surface area (Å²) in [5.74, 6) is -0.0504. The summed E-state index contributed by atoms with van der Waals surface area (Å²) in [4.78, 5) is 24.7. The van der Waals surface area contributed by atoms with E-state index in [4.69, 9.17) is 10.5 Å². The predicted octanol–water partition coefficient (Wildman–Crippen LogP) is 0.831. The van der Waals surface area contributed by atoms with Crippen molar-refractivity contribution in [3.05, 3.63) is 24.3 Å². The first-order chi connectivity index (χ1) is 9.56. The molecule has 0 unspecified atom stereocenters. The fraction of sp³-hybridized carbons (Fsp3) is 0.429. The molecule has 0 atom stereocenters. The zero-order chi connectivity index (χ0) is 15.0. The summed E-state index contributed by atoms with van der Waals surface area (Å²) in [5, 5.41) is 2.77. The first-order valence-electron chi connectivity index (χ1n) is 6.50. The quantitative estimate of drug-likeness (QED) is 0.738. The van der Waals surface area contributed by atoms with Crippen LogP contribution < -0.4 is 15.8 Å². The van der Waals surface area contributed by atoms with E-state index in [9.17, 15) is 9.59 Å². The highest BCUT2D eigenvalue weighted by Crippen LogP contribution is 2.22. The molecule has 0 aliphatic carbocycles. The number of nitrogens with one attached hydrogen (secondary N) is 1. The summed E-state index contributed by atoms with van der Waals surface area (Å²) >= 11 is 0. The Morgan fingerprint density at radius 2 is 2.00 bits per heavy atom. The summed E-state index contributed by atoms with van der Waals surface area (Å²) in [6.07, 6.45) is 0.842. The van der Waals surface area contributed by atoms with Crippen LogP contribution in [0, 0.1) is 0 Å². The van der Waals surface area contributed by atoms with Crippen LogP contribution >= 0.6 is 0 Å². The number of methoxy groups -OCH3 is 1. The number of primary amides is 1. The van der Waals surface area contributed by atoms with E-state index in [1.807, 2.05) is 19.1 Å². The first-order valence-corrected chi connectivity index (χ1v) is 6.50. The van der Waals surface area contributed by atoms with Crippen molar-refractivity contribution in [2.24, 2.45) is 5.73 Å². The predicted molar refractivity (Wildman–Crippen MR) is 77.5 cm³/mol. The smallest absolute Gasteiger partial charge is 0.238 e. The van der Waals surface area contributed by atoms with Crippen LogP contribution in [0.1, 0.15) is 13.3 Å². The van der Waals surface area contributed by atoms with Crippen LogP contribution in [0.15, 0.2) is 24.3 Å². The highest BCUT2D eigenvalue weighted by atomic mass is 16.5. The van der Waals surface area contributed by atoms with Crippen molar-refractivity contribution in [2.45, 2.75) is 13.3 Å². The van der Waals surface area contributed by atoms with Crippen LogP contribution in [0.25, 0.3) is 0 Å². The Kier molecular flexibility index (Phi) is 6.52. The molecule has 20 heavy (non-hydrogen) atoms. The third kappa shape index (κ3) is 5.27. The van der Waals surface area contributed by atoms with Gasteiger partial charge in [0.15, 0.2) is 0 Å². The number of carbonyl (C=O) groups is 2. The van der Waals surface area contributed by atoms with E-state index in [0.717, 1.165) is 6.42 Å². The molecule has 0 aliphatic heterocycles. The standard InChI is InChI=1S/C14H21N3O3/c1-3-8-17(9-13(15)18)10-14(19)16-11-6-4-5-7-12(11)20-2/h4-7H,3,8-10H2,1-2H3,(H2,15,18)(H,16,19). The maximum Gasteiger partial charge on any atom is 0.238 e. The fourth-order valence-electron chi connectivity index (χ4n) is 1.89. The van der Waals surface area contributed by atoms with Gasteiger partial charge in [-0.2, -0.15) is 0 Å². The molecule has 6 nitrogen and oxygen atoms in total. The third-order valence-corrected chi connectivity index (χ3v) is 2.67. The number of para-hydroxylation sites is 2. The van der Waals surface area contributed by atoms with Crippen LogP contribution in [0.3, 0.4) is 0 Å². The van der Waals surface area contributed by atoms with E-state index in [1.54, 1.807) is 24.1 Å². The number of carbonyl (C=O) groups excluding carboxylic acids is 2. The molecule has 110 valence electrons. The Hall–Kier alpha value is -2.08. The lowest BCUT2D eigenvalue weighted by Crippen LogP contribution is -2.39. The van der Waals surface area contributed by atoms with Gasteiger partial charge in [0.25, 0.3) is 0 Å². The average Bonchev–Trinajstić information content (AvgIpc) is 2.38. The zero-order valence-electron chi connectivity index (χ0n) is 11.9. The van der Waals surface area contributed by atoms with Gasteiger partial charge in [-0.05, 0) is 25.1 Å². The SMILES string of the molecule is CCCN(CC(N)=O)CC(=O)Nc1ccccc1OC. The Labute approximate surface area is 118 Å². The second kappa shape index (κ2) is 8.16. The Morgan fingerprint density at radius 1 is 1.30 bits per heavy atom. The lowest BCUT2D eigenvalue weighted by molar-refractivity contribution is -0.121. The van der Waals surface area contributed by atoms with Gasteiger partial charge in [0.1, 0.15) is 5.75 Å². The van der Waals surface area contributed by atoms with Crippen molar-refractivity contribution in [2.75, 3.05) is 32.1 Å². The molecule has 0 bridgehead atoms. The Balaban J connectivity index is 2.62. The number of anilines is 1. The molecule has 0 aliphatic rings. The topological polar surface area (TPSA) is 84.7 Å². The molecular weight excluding hydrogens is 258 g/mol. The van der Waals surface area contributed by atoms with Crippen molar-refractivity contribution < 1.29 is 14.3 Å².